The van der Waals surface area contributed by atoms with E-state index in [1.54, 1.807) is 0 Å². The molecule has 0 bridgehead atoms. The third-order valence-corrected chi connectivity index (χ3v) is 2.71. The summed E-state index contributed by atoms with van der Waals surface area (Å²) in [6.07, 6.45) is 0. The van der Waals surface area contributed by atoms with Crippen LogP contribution in [0, 0.1) is 0 Å². The molecule has 12 heavy (non-hydrogen) atoms. The lowest BCUT2D eigenvalue weighted by Crippen LogP contribution is -1.82. The summed E-state index contributed by atoms with van der Waals surface area (Å²) in [5, 5.41) is 0. The van der Waals surface area contributed by atoms with E-state index in [-0.39, 0.29) is 9.79 Å². The molecule has 1 aromatic rings. The largest absolute Gasteiger partial charge is 0.227 e. The van der Waals surface area contributed by atoms with Gasteiger partial charge >= 0.3 is 0 Å². The highest BCUT2D eigenvalue weighted by molar-refractivity contribution is 7.73. The molecule has 0 aromatic heterocycles. The van der Waals surface area contributed by atoms with Crippen LogP contribution in [0.1, 0.15) is 0 Å². The van der Waals surface area contributed by atoms with Gasteiger partial charge in [0.1, 0.15) is 0 Å². The Morgan fingerprint density at radius 1 is 0.667 bits per heavy atom. The first-order valence-electron chi connectivity index (χ1n) is 3.00. The summed E-state index contributed by atoms with van der Waals surface area (Å²) in [5.41, 5.74) is 0. The lowest BCUT2D eigenvalue weighted by Gasteiger charge is -1.90. The molecule has 0 saturated carbocycles. The van der Waals surface area contributed by atoms with E-state index < -0.39 is 21.4 Å². The molecular weight excluding hydrogens is 200 g/mol. The average Bonchev–Trinajstić information content (AvgIpc) is 2.04. The molecule has 0 aliphatic rings. The van der Waals surface area contributed by atoms with E-state index in [9.17, 15) is 16.8 Å². The van der Waals surface area contributed by atoms with E-state index in [2.05, 4.69) is 0 Å². The zero-order chi connectivity index (χ0) is 9.14. The number of thiol groups is 2. The quantitative estimate of drug-likeness (QED) is 0.648. The van der Waals surface area contributed by atoms with Gasteiger partial charge in [-0.2, -0.15) is 0 Å². The van der Waals surface area contributed by atoms with Crippen molar-refractivity contribution in [2.75, 3.05) is 0 Å². The predicted molar refractivity (Wildman–Crippen MR) is 43.6 cm³/mol. The molecule has 0 saturated heterocycles. The van der Waals surface area contributed by atoms with Crippen molar-refractivity contribution in [2.24, 2.45) is 0 Å². The van der Waals surface area contributed by atoms with Crippen molar-refractivity contribution in [1.29, 1.82) is 0 Å². The Kier molecular flexibility index (Phi) is 2.83. The highest BCUT2D eigenvalue weighted by Crippen LogP contribution is 2.05. The first-order valence-corrected chi connectivity index (χ1v) is 5.35. The second-order valence-corrected chi connectivity index (χ2v) is 4.09. The van der Waals surface area contributed by atoms with Gasteiger partial charge in [-0.25, -0.2) is 16.8 Å². The third kappa shape index (κ3) is 2.05. The van der Waals surface area contributed by atoms with E-state index >= 15 is 0 Å². The Morgan fingerprint density at radius 3 is 1.08 bits per heavy atom. The van der Waals surface area contributed by atoms with Crippen LogP contribution < -0.4 is 0 Å². The van der Waals surface area contributed by atoms with Gasteiger partial charge in [0.15, 0.2) is 21.4 Å². The van der Waals surface area contributed by atoms with Gasteiger partial charge in [0.2, 0.25) is 0 Å². The molecule has 66 valence electrons. The van der Waals surface area contributed by atoms with Crippen LogP contribution in [-0.2, 0) is 21.4 Å². The number of benzene rings is 1. The van der Waals surface area contributed by atoms with Crippen LogP contribution in [-0.4, -0.2) is 16.8 Å². The lowest BCUT2D eigenvalue weighted by molar-refractivity contribution is 0.611. The van der Waals surface area contributed by atoms with Gasteiger partial charge in [-0.05, 0) is 24.3 Å². The zero-order valence-corrected chi connectivity index (χ0v) is 7.63. The average molecular weight is 206 g/mol. The Morgan fingerprint density at radius 2 is 0.917 bits per heavy atom. The van der Waals surface area contributed by atoms with E-state index in [1.807, 2.05) is 0 Å². The van der Waals surface area contributed by atoms with E-state index in [0.29, 0.717) is 0 Å². The maximum atomic E-state index is 10.4. The van der Waals surface area contributed by atoms with Crippen molar-refractivity contribution in [2.45, 2.75) is 9.79 Å². The van der Waals surface area contributed by atoms with Gasteiger partial charge in [0.25, 0.3) is 0 Å². The lowest BCUT2D eigenvalue weighted by atomic mass is 10.4. The van der Waals surface area contributed by atoms with Gasteiger partial charge in [-0.1, -0.05) is 0 Å². The summed E-state index contributed by atoms with van der Waals surface area (Å²) in [5.74, 6) is 0. The van der Waals surface area contributed by atoms with Crippen LogP contribution >= 0.6 is 0 Å². The number of rotatable bonds is 2. The fraction of sp³-hybridized carbons (Fsp3) is 0. The Labute approximate surface area is 72.7 Å². The van der Waals surface area contributed by atoms with Crippen molar-refractivity contribution >= 4 is 21.4 Å². The third-order valence-electron chi connectivity index (χ3n) is 1.27. The van der Waals surface area contributed by atoms with Crippen molar-refractivity contribution in [3.63, 3.8) is 0 Å². The molecule has 0 fully saturated rings. The van der Waals surface area contributed by atoms with Crippen molar-refractivity contribution in [1.82, 2.24) is 0 Å². The number of hydrogen-bond donors (Lipinski definition) is 2. The summed E-state index contributed by atoms with van der Waals surface area (Å²) in [7, 11) is -5.25. The summed E-state index contributed by atoms with van der Waals surface area (Å²) >= 11 is 0. The predicted octanol–water partition coefficient (Wildman–Crippen LogP) is -0.373. The number of hydrogen-bond acceptors (Lipinski definition) is 4. The maximum Gasteiger partial charge on any atom is 0.168 e. The molecule has 1 aromatic carbocycles. The SMILES string of the molecule is O=[SH](=O)c1ccc([SH](=O)=O)cc1. The molecule has 0 heterocycles. The molecule has 4 nitrogen and oxygen atoms in total. The zero-order valence-electron chi connectivity index (χ0n) is 5.84. The summed E-state index contributed by atoms with van der Waals surface area (Å²) < 4.78 is 41.5. The highest BCUT2D eigenvalue weighted by atomic mass is 32.2. The van der Waals surface area contributed by atoms with Crippen molar-refractivity contribution in [3.8, 4) is 0 Å². The molecule has 0 N–H and O–H groups in total. The Hall–Kier alpha value is -0.880. The first kappa shape index (κ1) is 9.21. The molecule has 1 rings (SSSR count). The van der Waals surface area contributed by atoms with Gasteiger partial charge in [0.05, 0.1) is 9.79 Å². The van der Waals surface area contributed by atoms with Crippen molar-refractivity contribution < 1.29 is 16.8 Å². The molecule has 0 aliphatic carbocycles. The molecule has 0 unspecified atom stereocenters. The van der Waals surface area contributed by atoms with Crippen LogP contribution in [0.4, 0.5) is 0 Å². The first-order chi connectivity index (χ1) is 5.61. The molecule has 0 spiro atoms. The molecule has 0 radical (unpaired) electrons. The summed E-state index contributed by atoms with van der Waals surface area (Å²) in [6.45, 7) is 0. The monoisotopic (exact) mass is 206 g/mol. The van der Waals surface area contributed by atoms with E-state index in [4.69, 9.17) is 0 Å². The molecule has 0 aliphatic heterocycles. The highest BCUT2D eigenvalue weighted by Gasteiger charge is 1.96. The second kappa shape index (κ2) is 3.68. The fourth-order valence-corrected chi connectivity index (χ4v) is 1.48. The Bertz CT molecular complexity index is 357. The molecule has 0 atom stereocenters. The molecule has 0 amide bonds. The van der Waals surface area contributed by atoms with Gasteiger partial charge in [-0.15, -0.1) is 0 Å². The summed E-state index contributed by atoms with van der Waals surface area (Å²) in [4.78, 5) is 0.233. The van der Waals surface area contributed by atoms with Crippen LogP contribution in [0.2, 0.25) is 0 Å². The maximum absolute atomic E-state index is 10.4. The van der Waals surface area contributed by atoms with E-state index in [1.165, 1.54) is 24.3 Å². The summed E-state index contributed by atoms with van der Waals surface area (Å²) in [6, 6.07) is 5.02. The normalized spacial score (nSPS) is 10.8. The minimum atomic E-state index is -2.62. The van der Waals surface area contributed by atoms with Crippen LogP contribution in [0.3, 0.4) is 0 Å². The van der Waals surface area contributed by atoms with Gasteiger partial charge in [0, 0.05) is 0 Å². The van der Waals surface area contributed by atoms with Crippen LogP contribution in [0.5, 0.6) is 0 Å². The fourth-order valence-electron chi connectivity index (χ4n) is 0.696. The molecule has 6 heteroatoms. The van der Waals surface area contributed by atoms with Gasteiger partial charge in [-0.3, -0.25) is 0 Å². The Balaban J connectivity index is 3.17. The minimum absolute atomic E-state index is 0.116. The smallest absolute Gasteiger partial charge is 0.168 e. The van der Waals surface area contributed by atoms with Crippen molar-refractivity contribution in [3.05, 3.63) is 24.3 Å². The minimum Gasteiger partial charge on any atom is -0.227 e. The van der Waals surface area contributed by atoms with E-state index in [0.717, 1.165) is 0 Å². The molecular formula is C6H6O4S2. The second-order valence-electron chi connectivity index (χ2n) is 2.03. The van der Waals surface area contributed by atoms with Crippen LogP contribution in [0.25, 0.3) is 0 Å². The van der Waals surface area contributed by atoms with Crippen LogP contribution in [0.15, 0.2) is 34.1 Å². The van der Waals surface area contributed by atoms with Gasteiger partial charge < -0.3 is 0 Å². The standard InChI is InChI=1S/C6H6O4S2/c7-11(8)5-1-2-6(4-3-5)12(9)10/h1-4,11-12H. The topological polar surface area (TPSA) is 68.3 Å².